The van der Waals surface area contributed by atoms with Crippen molar-refractivity contribution in [2.24, 2.45) is 5.41 Å². The first-order valence-corrected chi connectivity index (χ1v) is 9.05. The summed E-state index contributed by atoms with van der Waals surface area (Å²) in [6.07, 6.45) is 4.01. The number of hydrogen-bond acceptors (Lipinski definition) is 4. The fraction of sp³-hybridized carbons (Fsp3) is 0.500. The maximum absolute atomic E-state index is 13.4. The number of carbonyl (C=O) groups excluding carboxylic acids is 2. The zero-order chi connectivity index (χ0) is 17.8. The molecule has 1 spiro atoms. The van der Waals surface area contributed by atoms with Crippen molar-refractivity contribution < 1.29 is 14.3 Å². The standard InChI is InChI=1S/C20H24N2O3/c1-4-13-16-11-8-12-22(16)20(19(13,3)18(24)25-5-2)14-9-6-7-10-15(14)21-17(20)23/h4,6-7,9-10,16H,5,8,11-12H2,1-3H3,(H,21,23)/b13-4-/t16-,19-,20-/m1/s1. The van der Waals surface area contributed by atoms with Gasteiger partial charge in [0.2, 0.25) is 0 Å². The van der Waals surface area contributed by atoms with Crippen LogP contribution in [0.4, 0.5) is 5.69 Å². The van der Waals surface area contributed by atoms with E-state index >= 15 is 0 Å². The Morgan fingerprint density at radius 3 is 2.92 bits per heavy atom. The predicted molar refractivity (Wildman–Crippen MR) is 95.0 cm³/mol. The van der Waals surface area contributed by atoms with Gasteiger partial charge in [0.15, 0.2) is 0 Å². The number of para-hydroxylation sites is 1. The molecule has 132 valence electrons. The number of nitrogens with one attached hydrogen (secondary N) is 1. The van der Waals surface area contributed by atoms with E-state index in [9.17, 15) is 9.59 Å². The Bertz CT molecular complexity index is 787. The van der Waals surface area contributed by atoms with Gasteiger partial charge in [-0.05, 0) is 45.3 Å². The highest BCUT2D eigenvalue weighted by Crippen LogP contribution is 2.63. The molecule has 5 heteroatoms. The summed E-state index contributed by atoms with van der Waals surface area (Å²) in [6.45, 7) is 6.76. The van der Waals surface area contributed by atoms with Gasteiger partial charge in [-0.25, -0.2) is 0 Å². The number of esters is 1. The van der Waals surface area contributed by atoms with Gasteiger partial charge in [-0.3, -0.25) is 14.5 Å². The number of carbonyl (C=O) groups is 2. The van der Waals surface area contributed by atoms with Crippen molar-refractivity contribution in [3.8, 4) is 0 Å². The summed E-state index contributed by atoms with van der Waals surface area (Å²) >= 11 is 0. The molecule has 3 atom stereocenters. The van der Waals surface area contributed by atoms with Crippen molar-refractivity contribution in [3.05, 3.63) is 41.5 Å². The highest BCUT2D eigenvalue weighted by molar-refractivity contribution is 6.11. The average Bonchev–Trinajstić information content (AvgIpc) is 3.22. The van der Waals surface area contributed by atoms with Gasteiger partial charge in [-0.15, -0.1) is 0 Å². The normalized spacial score (nSPS) is 35.1. The zero-order valence-electron chi connectivity index (χ0n) is 15.0. The molecule has 3 aliphatic heterocycles. The van der Waals surface area contributed by atoms with Crippen molar-refractivity contribution in [2.45, 2.75) is 45.2 Å². The fourth-order valence-electron chi connectivity index (χ4n) is 5.37. The van der Waals surface area contributed by atoms with E-state index in [2.05, 4.69) is 10.2 Å². The van der Waals surface area contributed by atoms with Gasteiger partial charge in [0.05, 0.1) is 6.61 Å². The summed E-state index contributed by atoms with van der Waals surface area (Å²) in [6, 6.07) is 7.83. The molecule has 0 unspecified atom stereocenters. The van der Waals surface area contributed by atoms with E-state index in [-0.39, 0.29) is 17.9 Å². The van der Waals surface area contributed by atoms with Crippen LogP contribution in [0.25, 0.3) is 0 Å². The molecule has 2 saturated heterocycles. The van der Waals surface area contributed by atoms with Crippen molar-refractivity contribution >= 4 is 17.6 Å². The predicted octanol–water partition coefficient (Wildman–Crippen LogP) is 2.83. The van der Waals surface area contributed by atoms with Gasteiger partial charge in [-0.2, -0.15) is 0 Å². The SMILES string of the molecule is C/C=C1/[C@H]2CCCN2[C@]2(C(=O)Nc3ccccc32)[C@@]1(C)C(=O)OCC. The lowest BCUT2D eigenvalue weighted by Gasteiger charge is -2.41. The van der Waals surface area contributed by atoms with Gasteiger partial charge >= 0.3 is 5.97 Å². The molecule has 1 amide bonds. The van der Waals surface area contributed by atoms with Crippen LogP contribution < -0.4 is 5.32 Å². The summed E-state index contributed by atoms with van der Waals surface area (Å²) in [5, 5.41) is 3.02. The molecule has 3 aliphatic rings. The number of rotatable bonds is 2. The van der Waals surface area contributed by atoms with Crippen LogP contribution in [0.1, 0.15) is 39.2 Å². The van der Waals surface area contributed by atoms with E-state index in [4.69, 9.17) is 4.74 Å². The number of anilines is 1. The first kappa shape index (κ1) is 16.3. The molecule has 0 bridgehead atoms. The zero-order valence-corrected chi connectivity index (χ0v) is 15.0. The van der Waals surface area contributed by atoms with Gasteiger partial charge in [0.1, 0.15) is 11.0 Å². The molecule has 1 aromatic rings. The number of nitrogens with zero attached hydrogens (tertiary/aromatic N) is 1. The minimum Gasteiger partial charge on any atom is -0.465 e. The largest absolute Gasteiger partial charge is 0.465 e. The number of amides is 1. The summed E-state index contributed by atoms with van der Waals surface area (Å²) in [7, 11) is 0. The second kappa shape index (κ2) is 5.43. The molecule has 5 nitrogen and oxygen atoms in total. The molecule has 25 heavy (non-hydrogen) atoms. The molecular weight excluding hydrogens is 316 g/mol. The first-order valence-electron chi connectivity index (χ1n) is 9.05. The Morgan fingerprint density at radius 1 is 1.44 bits per heavy atom. The minimum atomic E-state index is -1.03. The molecule has 0 radical (unpaired) electrons. The second-order valence-electron chi connectivity index (χ2n) is 7.15. The van der Waals surface area contributed by atoms with Crippen molar-refractivity contribution in [2.75, 3.05) is 18.5 Å². The Balaban J connectivity index is 2.04. The van der Waals surface area contributed by atoms with E-state index in [1.807, 2.05) is 51.1 Å². The average molecular weight is 340 g/mol. The monoisotopic (exact) mass is 340 g/mol. The number of benzene rings is 1. The van der Waals surface area contributed by atoms with E-state index in [0.717, 1.165) is 36.2 Å². The maximum atomic E-state index is 13.4. The first-order chi connectivity index (χ1) is 12.0. The third-order valence-corrected chi connectivity index (χ3v) is 6.23. The summed E-state index contributed by atoms with van der Waals surface area (Å²) < 4.78 is 5.49. The van der Waals surface area contributed by atoms with Crippen LogP contribution in [-0.2, 0) is 19.9 Å². The topological polar surface area (TPSA) is 58.6 Å². The fourth-order valence-corrected chi connectivity index (χ4v) is 5.37. The Kier molecular flexibility index (Phi) is 3.55. The van der Waals surface area contributed by atoms with E-state index in [0.29, 0.717) is 6.61 Å². The lowest BCUT2D eigenvalue weighted by atomic mass is 9.65. The Hall–Kier alpha value is -2.14. The van der Waals surface area contributed by atoms with Crippen molar-refractivity contribution in [3.63, 3.8) is 0 Å². The molecule has 0 saturated carbocycles. The van der Waals surface area contributed by atoms with Crippen LogP contribution in [0.5, 0.6) is 0 Å². The van der Waals surface area contributed by atoms with Gasteiger partial charge in [-0.1, -0.05) is 24.3 Å². The number of hydrogen-bond donors (Lipinski definition) is 1. The van der Waals surface area contributed by atoms with Crippen LogP contribution in [0.2, 0.25) is 0 Å². The smallest absolute Gasteiger partial charge is 0.318 e. The molecular formula is C20H24N2O3. The lowest BCUT2D eigenvalue weighted by Crippen LogP contribution is -2.58. The summed E-state index contributed by atoms with van der Waals surface area (Å²) in [5.41, 5.74) is 0.638. The molecule has 4 rings (SSSR count). The van der Waals surface area contributed by atoms with E-state index < -0.39 is 11.0 Å². The van der Waals surface area contributed by atoms with Crippen LogP contribution in [0.3, 0.4) is 0 Å². The lowest BCUT2D eigenvalue weighted by molar-refractivity contribution is -0.161. The van der Waals surface area contributed by atoms with Crippen LogP contribution >= 0.6 is 0 Å². The summed E-state index contributed by atoms with van der Waals surface area (Å²) in [5.74, 6) is -0.433. The molecule has 0 aliphatic carbocycles. The van der Waals surface area contributed by atoms with Crippen LogP contribution in [0.15, 0.2) is 35.9 Å². The number of fused-ring (bicyclic) bond motifs is 4. The van der Waals surface area contributed by atoms with Crippen LogP contribution in [0, 0.1) is 5.41 Å². The Labute approximate surface area is 148 Å². The highest BCUT2D eigenvalue weighted by Gasteiger charge is 2.74. The van der Waals surface area contributed by atoms with Gasteiger partial charge in [0, 0.05) is 23.8 Å². The van der Waals surface area contributed by atoms with Gasteiger partial charge < -0.3 is 10.1 Å². The third-order valence-electron chi connectivity index (χ3n) is 6.23. The number of ether oxygens (including phenoxy) is 1. The number of allylic oxidation sites excluding steroid dienone is 1. The summed E-state index contributed by atoms with van der Waals surface area (Å²) in [4.78, 5) is 28.8. The van der Waals surface area contributed by atoms with Crippen molar-refractivity contribution in [1.82, 2.24) is 4.90 Å². The van der Waals surface area contributed by atoms with Gasteiger partial charge in [0.25, 0.3) is 5.91 Å². The molecule has 3 heterocycles. The maximum Gasteiger partial charge on any atom is 0.318 e. The van der Waals surface area contributed by atoms with E-state index in [1.165, 1.54) is 0 Å². The van der Waals surface area contributed by atoms with Crippen molar-refractivity contribution in [1.29, 1.82) is 0 Å². The highest BCUT2D eigenvalue weighted by atomic mass is 16.5. The molecule has 2 fully saturated rings. The minimum absolute atomic E-state index is 0.108. The molecule has 0 aromatic heterocycles. The Morgan fingerprint density at radius 2 is 2.20 bits per heavy atom. The third kappa shape index (κ3) is 1.72. The quantitative estimate of drug-likeness (QED) is 0.664. The second-order valence-corrected chi connectivity index (χ2v) is 7.15. The molecule has 1 aromatic carbocycles. The van der Waals surface area contributed by atoms with E-state index in [1.54, 1.807) is 0 Å². The molecule has 1 N–H and O–H groups in total. The van der Waals surface area contributed by atoms with Crippen LogP contribution in [-0.4, -0.2) is 36.0 Å².